The molecule has 106 valence electrons. The van der Waals surface area contributed by atoms with E-state index in [2.05, 4.69) is 43.4 Å². The second-order valence-electron chi connectivity index (χ2n) is 6.22. The van der Waals surface area contributed by atoms with Crippen molar-refractivity contribution < 1.29 is 4.79 Å². The predicted octanol–water partition coefficient (Wildman–Crippen LogP) is 2.94. The molecular formula is C16H26N2O. The van der Waals surface area contributed by atoms with Crippen molar-refractivity contribution in [3.63, 3.8) is 0 Å². The SMILES string of the molecule is CCC(NC(=O)[C@@H](N)C(C)(C)C)c1ccc(C)cc1. The van der Waals surface area contributed by atoms with Crippen LogP contribution in [-0.4, -0.2) is 11.9 Å². The Bertz CT molecular complexity index is 417. The van der Waals surface area contributed by atoms with Crippen LogP contribution in [0.1, 0.15) is 51.3 Å². The van der Waals surface area contributed by atoms with Gasteiger partial charge in [0.25, 0.3) is 0 Å². The number of aryl methyl sites for hydroxylation is 1. The van der Waals surface area contributed by atoms with Crippen LogP contribution in [0.4, 0.5) is 0 Å². The largest absolute Gasteiger partial charge is 0.348 e. The summed E-state index contributed by atoms with van der Waals surface area (Å²) in [5.74, 6) is -0.0834. The Hall–Kier alpha value is -1.35. The third-order valence-corrected chi connectivity index (χ3v) is 3.42. The maximum Gasteiger partial charge on any atom is 0.237 e. The fourth-order valence-corrected chi connectivity index (χ4v) is 1.87. The standard InChI is InChI=1S/C16H26N2O/c1-6-13(12-9-7-11(2)8-10-12)18-15(19)14(17)16(3,4)5/h7-10,13-14H,6,17H2,1-5H3,(H,18,19)/t13?,14-/m1/s1. The fraction of sp³-hybridized carbons (Fsp3) is 0.562. The van der Waals surface area contributed by atoms with E-state index in [0.717, 1.165) is 12.0 Å². The summed E-state index contributed by atoms with van der Waals surface area (Å²) in [6, 6.07) is 7.79. The lowest BCUT2D eigenvalue weighted by molar-refractivity contribution is -0.125. The Morgan fingerprint density at radius 3 is 2.21 bits per heavy atom. The lowest BCUT2D eigenvalue weighted by Gasteiger charge is -2.28. The van der Waals surface area contributed by atoms with Gasteiger partial charge in [-0.15, -0.1) is 0 Å². The van der Waals surface area contributed by atoms with Gasteiger partial charge in [-0.1, -0.05) is 57.5 Å². The molecule has 0 spiro atoms. The van der Waals surface area contributed by atoms with Crippen molar-refractivity contribution in [2.75, 3.05) is 0 Å². The van der Waals surface area contributed by atoms with E-state index in [0.29, 0.717) is 0 Å². The Balaban J connectivity index is 2.78. The number of nitrogens with one attached hydrogen (secondary N) is 1. The molecule has 3 heteroatoms. The summed E-state index contributed by atoms with van der Waals surface area (Å²) in [6.07, 6.45) is 0.853. The average Bonchev–Trinajstić information content (AvgIpc) is 2.34. The highest BCUT2D eigenvalue weighted by atomic mass is 16.2. The first-order chi connectivity index (χ1) is 8.75. The van der Waals surface area contributed by atoms with Crippen LogP contribution >= 0.6 is 0 Å². The summed E-state index contributed by atoms with van der Waals surface area (Å²) in [4.78, 5) is 12.2. The third-order valence-electron chi connectivity index (χ3n) is 3.42. The van der Waals surface area contributed by atoms with Gasteiger partial charge in [0.05, 0.1) is 12.1 Å². The van der Waals surface area contributed by atoms with Crippen molar-refractivity contribution in [2.45, 2.75) is 53.1 Å². The summed E-state index contributed by atoms with van der Waals surface area (Å²) in [7, 11) is 0. The highest BCUT2D eigenvalue weighted by Gasteiger charge is 2.28. The summed E-state index contributed by atoms with van der Waals surface area (Å²) in [5.41, 5.74) is 8.11. The summed E-state index contributed by atoms with van der Waals surface area (Å²) >= 11 is 0. The molecule has 19 heavy (non-hydrogen) atoms. The van der Waals surface area contributed by atoms with E-state index in [4.69, 9.17) is 5.73 Å². The van der Waals surface area contributed by atoms with Crippen LogP contribution in [0.15, 0.2) is 24.3 Å². The van der Waals surface area contributed by atoms with Crippen molar-refractivity contribution in [3.05, 3.63) is 35.4 Å². The molecule has 3 N–H and O–H groups in total. The molecule has 0 saturated heterocycles. The lowest BCUT2D eigenvalue weighted by atomic mass is 9.86. The van der Waals surface area contributed by atoms with Crippen molar-refractivity contribution in [3.8, 4) is 0 Å². The second kappa shape index (κ2) is 6.20. The van der Waals surface area contributed by atoms with Crippen LogP contribution in [-0.2, 0) is 4.79 Å². The fourth-order valence-electron chi connectivity index (χ4n) is 1.87. The van der Waals surface area contributed by atoms with Gasteiger partial charge in [0.1, 0.15) is 0 Å². The van der Waals surface area contributed by atoms with Gasteiger partial charge in [-0.05, 0) is 24.3 Å². The topological polar surface area (TPSA) is 55.1 Å². The molecule has 0 heterocycles. The van der Waals surface area contributed by atoms with Crippen LogP contribution in [0.5, 0.6) is 0 Å². The molecule has 1 rings (SSSR count). The molecule has 1 aromatic carbocycles. The normalized spacial score (nSPS) is 14.8. The van der Waals surface area contributed by atoms with Crippen molar-refractivity contribution >= 4 is 5.91 Å². The number of amides is 1. The molecule has 1 aromatic rings. The van der Waals surface area contributed by atoms with E-state index in [1.165, 1.54) is 5.56 Å². The molecule has 1 amide bonds. The molecule has 2 atom stereocenters. The first kappa shape index (κ1) is 15.7. The van der Waals surface area contributed by atoms with Gasteiger partial charge in [-0.3, -0.25) is 4.79 Å². The number of hydrogen-bond acceptors (Lipinski definition) is 2. The molecule has 3 nitrogen and oxygen atoms in total. The molecule has 0 aromatic heterocycles. The van der Waals surface area contributed by atoms with Crippen LogP contribution < -0.4 is 11.1 Å². The number of hydrogen-bond donors (Lipinski definition) is 2. The highest BCUT2D eigenvalue weighted by Crippen LogP contribution is 2.21. The Kier molecular flexibility index (Phi) is 5.12. The van der Waals surface area contributed by atoms with Gasteiger partial charge in [-0.25, -0.2) is 0 Å². The molecule has 1 unspecified atom stereocenters. The maximum atomic E-state index is 12.2. The number of nitrogens with two attached hydrogens (primary N) is 1. The van der Waals surface area contributed by atoms with Crippen LogP contribution in [0.3, 0.4) is 0 Å². The van der Waals surface area contributed by atoms with Crippen LogP contribution in [0.25, 0.3) is 0 Å². The number of benzene rings is 1. The monoisotopic (exact) mass is 262 g/mol. The van der Waals surface area contributed by atoms with E-state index >= 15 is 0 Å². The van der Waals surface area contributed by atoms with E-state index in [1.54, 1.807) is 0 Å². The zero-order valence-electron chi connectivity index (χ0n) is 12.7. The third kappa shape index (κ3) is 4.35. The lowest BCUT2D eigenvalue weighted by Crippen LogP contribution is -2.49. The van der Waals surface area contributed by atoms with Gasteiger partial charge in [0, 0.05) is 0 Å². The minimum absolute atomic E-state index is 0.0292. The van der Waals surface area contributed by atoms with Crippen molar-refractivity contribution in [2.24, 2.45) is 11.1 Å². The van der Waals surface area contributed by atoms with Gasteiger partial charge >= 0.3 is 0 Å². The maximum absolute atomic E-state index is 12.2. The molecule has 0 bridgehead atoms. The van der Waals surface area contributed by atoms with E-state index < -0.39 is 6.04 Å². The molecule has 0 radical (unpaired) electrons. The molecule has 0 aliphatic carbocycles. The first-order valence-corrected chi connectivity index (χ1v) is 6.88. The van der Waals surface area contributed by atoms with E-state index in [1.807, 2.05) is 20.8 Å². The molecule has 0 saturated carbocycles. The van der Waals surface area contributed by atoms with Crippen LogP contribution in [0, 0.1) is 12.3 Å². The van der Waals surface area contributed by atoms with Crippen molar-refractivity contribution in [1.82, 2.24) is 5.32 Å². The second-order valence-corrected chi connectivity index (χ2v) is 6.22. The zero-order valence-corrected chi connectivity index (χ0v) is 12.7. The average molecular weight is 262 g/mol. The zero-order chi connectivity index (χ0) is 14.6. The summed E-state index contributed by atoms with van der Waals surface area (Å²) in [5, 5.41) is 3.04. The van der Waals surface area contributed by atoms with Gasteiger partial charge < -0.3 is 11.1 Å². The van der Waals surface area contributed by atoms with Gasteiger partial charge in [0.15, 0.2) is 0 Å². The smallest absolute Gasteiger partial charge is 0.237 e. The molecule has 0 fully saturated rings. The number of carbonyl (C=O) groups is 1. The van der Waals surface area contributed by atoms with E-state index in [-0.39, 0.29) is 17.4 Å². The summed E-state index contributed by atoms with van der Waals surface area (Å²) in [6.45, 7) is 10.0. The minimum Gasteiger partial charge on any atom is -0.348 e. The molecular weight excluding hydrogens is 236 g/mol. The quantitative estimate of drug-likeness (QED) is 0.876. The summed E-state index contributed by atoms with van der Waals surface area (Å²) < 4.78 is 0. The minimum atomic E-state index is -0.494. The predicted molar refractivity (Wildman–Crippen MR) is 79.8 cm³/mol. The van der Waals surface area contributed by atoms with Crippen molar-refractivity contribution in [1.29, 1.82) is 0 Å². The Labute approximate surface area is 116 Å². The molecule has 0 aliphatic rings. The van der Waals surface area contributed by atoms with E-state index in [9.17, 15) is 4.79 Å². The Morgan fingerprint density at radius 2 is 1.79 bits per heavy atom. The van der Waals surface area contributed by atoms with Gasteiger partial charge in [0.2, 0.25) is 5.91 Å². The van der Waals surface area contributed by atoms with Gasteiger partial charge in [-0.2, -0.15) is 0 Å². The highest BCUT2D eigenvalue weighted by molar-refractivity contribution is 5.82. The number of rotatable bonds is 4. The number of carbonyl (C=O) groups excluding carboxylic acids is 1. The first-order valence-electron chi connectivity index (χ1n) is 6.88. The van der Waals surface area contributed by atoms with Crippen LogP contribution in [0.2, 0.25) is 0 Å². The Morgan fingerprint density at radius 1 is 1.26 bits per heavy atom. The molecule has 0 aliphatic heterocycles.